The molecule has 0 fully saturated rings. The highest BCUT2D eigenvalue weighted by Gasteiger charge is 2.17. The highest BCUT2D eigenvalue weighted by atomic mass is 79.9. The molecule has 0 saturated carbocycles. The molecule has 2 N–H and O–H groups in total. The minimum Gasteiger partial charge on any atom is -0.382 e. The molecule has 0 atom stereocenters. The van der Waals surface area contributed by atoms with Gasteiger partial charge in [0.05, 0.1) is 16.9 Å². The van der Waals surface area contributed by atoms with E-state index in [1.165, 1.54) is 30.3 Å². The largest absolute Gasteiger partial charge is 0.382 e. The van der Waals surface area contributed by atoms with Gasteiger partial charge in [-0.1, -0.05) is 12.1 Å². The molecule has 1 amide bonds. The van der Waals surface area contributed by atoms with Crippen LogP contribution in [0.2, 0.25) is 0 Å². The van der Waals surface area contributed by atoms with Crippen molar-refractivity contribution in [2.75, 3.05) is 17.2 Å². The molecule has 110 valence electrons. The third kappa shape index (κ3) is 3.39. The Morgan fingerprint density at radius 1 is 1.10 bits per heavy atom. The lowest BCUT2D eigenvalue weighted by Gasteiger charge is -2.13. The average Bonchev–Trinajstić information content (AvgIpc) is 2.45. The molecule has 6 heteroatoms. The van der Waals surface area contributed by atoms with Gasteiger partial charge >= 0.3 is 0 Å². The van der Waals surface area contributed by atoms with Crippen molar-refractivity contribution < 1.29 is 13.6 Å². The van der Waals surface area contributed by atoms with Crippen molar-refractivity contribution in [3.8, 4) is 0 Å². The van der Waals surface area contributed by atoms with Crippen LogP contribution in [-0.4, -0.2) is 12.5 Å². The first kappa shape index (κ1) is 15.4. The molecule has 0 aliphatic rings. The van der Waals surface area contributed by atoms with Gasteiger partial charge in [-0.05, 0) is 47.1 Å². The predicted octanol–water partition coefficient (Wildman–Crippen LogP) is 4.41. The summed E-state index contributed by atoms with van der Waals surface area (Å²) < 4.78 is 27.9. The van der Waals surface area contributed by atoms with E-state index in [0.29, 0.717) is 11.0 Å². The first-order chi connectivity index (χ1) is 10.0. The number of hydrogen-bond acceptors (Lipinski definition) is 2. The van der Waals surface area contributed by atoms with Crippen LogP contribution in [0.25, 0.3) is 0 Å². The molecule has 21 heavy (non-hydrogen) atoms. The van der Waals surface area contributed by atoms with E-state index in [4.69, 9.17) is 0 Å². The fourth-order valence-corrected chi connectivity index (χ4v) is 2.31. The van der Waals surface area contributed by atoms with Gasteiger partial charge in [0.15, 0.2) is 0 Å². The Morgan fingerprint density at radius 2 is 1.71 bits per heavy atom. The maximum atomic E-state index is 13.8. The Kier molecular flexibility index (Phi) is 4.90. The van der Waals surface area contributed by atoms with Crippen molar-refractivity contribution >= 4 is 33.2 Å². The number of amides is 1. The number of benzene rings is 2. The molecule has 0 heterocycles. The number of carbonyl (C=O) groups is 1. The van der Waals surface area contributed by atoms with E-state index in [-0.39, 0.29) is 16.9 Å². The third-order valence-corrected chi connectivity index (χ3v) is 3.47. The van der Waals surface area contributed by atoms with E-state index < -0.39 is 17.5 Å². The van der Waals surface area contributed by atoms with Crippen LogP contribution in [0.4, 0.5) is 20.2 Å². The van der Waals surface area contributed by atoms with Gasteiger partial charge in [-0.3, -0.25) is 4.79 Å². The number of halogens is 3. The lowest BCUT2D eigenvalue weighted by Crippen LogP contribution is -2.16. The number of anilines is 2. The van der Waals surface area contributed by atoms with Crippen LogP contribution in [0.15, 0.2) is 40.9 Å². The quantitative estimate of drug-likeness (QED) is 0.853. The molecule has 2 aromatic carbocycles. The van der Waals surface area contributed by atoms with E-state index in [2.05, 4.69) is 26.6 Å². The van der Waals surface area contributed by atoms with E-state index in [1.807, 2.05) is 0 Å². The number of para-hydroxylation sites is 2. The first-order valence-electron chi connectivity index (χ1n) is 6.32. The Bertz CT molecular complexity index is 656. The molecule has 0 unspecified atom stereocenters. The molecule has 0 saturated heterocycles. The lowest BCUT2D eigenvalue weighted by molar-refractivity contribution is 0.102. The molecule has 0 radical (unpaired) electrons. The van der Waals surface area contributed by atoms with Gasteiger partial charge in [-0.15, -0.1) is 0 Å². The van der Waals surface area contributed by atoms with E-state index in [1.54, 1.807) is 13.0 Å². The molecule has 2 rings (SSSR count). The van der Waals surface area contributed by atoms with Crippen molar-refractivity contribution in [3.63, 3.8) is 0 Å². The summed E-state index contributed by atoms with van der Waals surface area (Å²) >= 11 is 3.17. The summed E-state index contributed by atoms with van der Waals surface area (Å²) in [7, 11) is 0. The summed E-state index contributed by atoms with van der Waals surface area (Å²) in [5.74, 6) is -1.69. The van der Waals surface area contributed by atoms with Crippen molar-refractivity contribution in [2.24, 2.45) is 0 Å². The van der Waals surface area contributed by atoms with Gasteiger partial charge in [0, 0.05) is 11.0 Å². The van der Waals surface area contributed by atoms with Crippen molar-refractivity contribution in [3.05, 3.63) is 58.1 Å². The standard InChI is InChI=1S/C15H13BrF2N2O/c1-2-19-13-9(5-3-7-11(13)17)15(21)20-14-10(16)6-4-8-12(14)18/h3-8,19H,2H2,1H3,(H,20,21). The van der Waals surface area contributed by atoms with Crippen LogP contribution >= 0.6 is 15.9 Å². The lowest BCUT2D eigenvalue weighted by atomic mass is 10.1. The van der Waals surface area contributed by atoms with E-state index in [0.717, 1.165) is 0 Å². The van der Waals surface area contributed by atoms with Crippen LogP contribution in [0.5, 0.6) is 0 Å². The molecular weight excluding hydrogens is 342 g/mol. The Morgan fingerprint density at radius 3 is 2.33 bits per heavy atom. The molecule has 0 aromatic heterocycles. The zero-order valence-electron chi connectivity index (χ0n) is 11.2. The Balaban J connectivity index is 2.35. The maximum absolute atomic E-state index is 13.8. The molecule has 0 spiro atoms. The molecule has 2 aromatic rings. The maximum Gasteiger partial charge on any atom is 0.257 e. The summed E-state index contributed by atoms with van der Waals surface area (Å²) in [4.78, 5) is 12.3. The summed E-state index contributed by atoms with van der Waals surface area (Å²) in [5.41, 5.74) is 0.242. The van der Waals surface area contributed by atoms with Crippen LogP contribution < -0.4 is 10.6 Å². The summed E-state index contributed by atoms with van der Waals surface area (Å²) in [6.07, 6.45) is 0. The fourth-order valence-electron chi connectivity index (χ4n) is 1.87. The van der Waals surface area contributed by atoms with Crippen LogP contribution in [0, 0.1) is 11.6 Å². The van der Waals surface area contributed by atoms with Gasteiger partial charge in [0.25, 0.3) is 5.91 Å². The molecular formula is C15H13BrF2N2O. The topological polar surface area (TPSA) is 41.1 Å². The average molecular weight is 355 g/mol. The second kappa shape index (κ2) is 6.67. The molecule has 0 aliphatic heterocycles. The zero-order valence-corrected chi connectivity index (χ0v) is 12.8. The zero-order chi connectivity index (χ0) is 15.4. The first-order valence-corrected chi connectivity index (χ1v) is 7.11. The minimum atomic E-state index is -0.587. The number of rotatable bonds is 4. The van der Waals surface area contributed by atoms with Crippen LogP contribution in [-0.2, 0) is 0 Å². The van der Waals surface area contributed by atoms with Crippen LogP contribution in [0.3, 0.4) is 0 Å². The van der Waals surface area contributed by atoms with Gasteiger partial charge in [-0.25, -0.2) is 8.78 Å². The van der Waals surface area contributed by atoms with Gasteiger partial charge in [-0.2, -0.15) is 0 Å². The van der Waals surface area contributed by atoms with Crippen LogP contribution in [0.1, 0.15) is 17.3 Å². The number of hydrogen-bond donors (Lipinski definition) is 2. The Labute approximate surface area is 129 Å². The van der Waals surface area contributed by atoms with Gasteiger partial charge < -0.3 is 10.6 Å². The highest BCUT2D eigenvalue weighted by molar-refractivity contribution is 9.10. The second-order valence-corrected chi connectivity index (χ2v) is 5.10. The smallest absolute Gasteiger partial charge is 0.257 e. The van der Waals surface area contributed by atoms with Crippen molar-refractivity contribution in [2.45, 2.75) is 6.92 Å². The summed E-state index contributed by atoms with van der Waals surface area (Å²) in [5, 5.41) is 5.25. The van der Waals surface area contributed by atoms with Gasteiger partial charge in [0.1, 0.15) is 11.6 Å². The predicted molar refractivity (Wildman–Crippen MR) is 82.6 cm³/mol. The summed E-state index contributed by atoms with van der Waals surface area (Å²) in [6, 6.07) is 8.52. The summed E-state index contributed by atoms with van der Waals surface area (Å²) in [6.45, 7) is 2.26. The third-order valence-electron chi connectivity index (χ3n) is 2.81. The van der Waals surface area contributed by atoms with Gasteiger partial charge in [0.2, 0.25) is 0 Å². The normalized spacial score (nSPS) is 10.3. The number of carbonyl (C=O) groups excluding carboxylic acids is 1. The Hall–Kier alpha value is -1.95. The molecule has 0 aliphatic carbocycles. The monoisotopic (exact) mass is 354 g/mol. The van der Waals surface area contributed by atoms with E-state index >= 15 is 0 Å². The molecule has 0 bridgehead atoms. The van der Waals surface area contributed by atoms with Crippen molar-refractivity contribution in [1.29, 1.82) is 0 Å². The van der Waals surface area contributed by atoms with Crippen molar-refractivity contribution in [1.82, 2.24) is 0 Å². The minimum absolute atomic E-state index is 0.0224. The highest BCUT2D eigenvalue weighted by Crippen LogP contribution is 2.27. The van der Waals surface area contributed by atoms with E-state index in [9.17, 15) is 13.6 Å². The second-order valence-electron chi connectivity index (χ2n) is 4.24. The SMILES string of the molecule is CCNc1c(F)cccc1C(=O)Nc1c(F)cccc1Br. The number of nitrogens with one attached hydrogen (secondary N) is 2. The fraction of sp³-hybridized carbons (Fsp3) is 0.133. The molecule has 3 nitrogen and oxygen atoms in total.